The maximum absolute atomic E-state index is 8.97. The highest BCUT2D eigenvalue weighted by Crippen LogP contribution is 2.17. The Kier molecular flexibility index (Phi) is 5.73. The zero-order chi connectivity index (χ0) is 14.4. The molecule has 1 heterocycles. The Morgan fingerprint density at radius 2 is 1.90 bits per heavy atom. The molecule has 104 valence electrons. The van der Waals surface area contributed by atoms with Gasteiger partial charge in [0, 0.05) is 11.9 Å². The van der Waals surface area contributed by atoms with E-state index >= 15 is 0 Å². The number of thioether (sulfide) groups is 1. The Bertz CT molecular complexity index is 536. The summed E-state index contributed by atoms with van der Waals surface area (Å²) in [6.07, 6.45) is 1.61. The monoisotopic (exact) mass is 309 g/mol. The standard InChI is InChI=1S/C13H13BClNO3S/c15-11-3-6-13(16-9-11)20-8-7-19-12-4-1-10(2-5-12)14(17)18/h1-6,9,17-18H,7-8H2. The lowest BCUT2D eigenvalue weighted by Gasteiger charge is -2.06. The fraction of sp³-hybridized carbons (Fsp3) is 0.154. The first-order chi connectivity index (χ1) is 9.65. The van der Waals surface area contributed by atoms with Gasteiger partial charge in [-0.2, -0.15) is 0 Å². The van der Waals surface area contributed by atoms with E-state index in [1.807, 2.05) is 6.07 Å². The topological polar surface area (TPSA) is 62.6 Å². The zero-order valence-electron chi connectivity index (χ0n) is 10.6. The molecule has 0 unspecified atom stereocenters. The molecule has 1 aromatic heterocycles. The van der Waals surface area contributed by atoms with Crippen LogP contribution in [0, 0.1) is 0 Å². The van der Waals surface area contributed by atoms with E-state index in [0.29, 0.717) is 22.8 Å². The summed E-state index contributed by atoms with van der Waals surface area (Å²) < 4.78 is 5.55. The number of halogens is 1. The van der Waals surface area contributed by atoms with Crippen molar-refractivity contribution in [1.29, 1.82) is 0 Å². The molecular formula is C13H13BClNO3S. The maximum atomic E-state index is 8.97. The SMILES string of the molecule is OB(O)c1ccc(OCCSc2ccc(Cl)cn2)cc1. The number of aromatic nitrogens is 1. The van der Waals surface area contributed by atoms with E-state index in [1.165, 1.54) is 0 Å². The minimum Gasteiger partial charge on any atom is -0.493 e. The van der Waals surface area contributed by atoms with Crippen LogP contribution in [0.2, 0.25) is 5.02 Å². The first-order valence-electron chi connectivity index (χ1n) is 5.98. The minimum absolute atomic E-state index is 0.442. The van der Waals surface area contributed by atoms with E-state index in [9.17, 15) is 0 Å². The summed E-state index contributed by atoms with van der Waals surface area (Å²) in [6.45, 7) is 0.538. The van der Waals surface area contributed by atoms with Crippen LogP contribution in [0.25, 0.3) is 0 Å². The van der Waals surface area contributed by atoms with Gasteiger partial charge in [0.05, 0.1) is 16.7 Å². The third kappa shape index (κ3) is 4.72. The Morgan fingerprint density at radius 3 is 2.50 bits per heavy atom. The van der Waals surface area contributed by atoms with Gasteiger partial charge in [-0.1, -0.05) is 23.7 Å². The molecular weight excluding hydrogens is 296 g/mol. The van der Waals surface area contributed by atoms with Crippen LogP contribution in [0.4, 0.5) is 0 Å². The molecule has 2 rings (SSSR count). The molecule has 0 saturated heterocycles. The number of hydrogen-bond acceptors (Lipinski definition) is 5. The molecule has 0 bridgehead atoms. The molecule has 0 saturated carbocycles. The second-order valence-electron chi connectivity index (χ2n) is 3.95. The van der Waals surface area contributed by atoms with Crippen molar-refractivity contribution in [3.05, 3.63) is 47.6 Å². The fourth-order valence-electron chi connectivity index (χ4n) is 1.49. The number of pyridine rings is 1. The predicted molar refractivity (Wildman–Crippen MR) is 81.7 cm³/mol. The summed E-state index contributed by atoms with van der Waals surface area (Å²) in [5.41, 5.74) is 0.442. The van der Waals surface area contributed by atoms with Crippen LogP contribution in [0.1, 0.15) is 0 Å². The number of rotatable bonds is 6. The molecule has 20 heavy (non-hydrogen) atoms. The van der Waals surface area contributed by atoms with Crippen molar-refractivity contribution in [1.82, 2.24) is 4.98 Å². The number of benzene rings is 1. The third-order valence-electron chi connectivity index (χ3n) is 2.48. The molecule has 0 aliphatic rings. The van der Waals surface area contributed by atoms with Crippen LogP contribution in [0.15, 0.2) is 47.6 Å². The number of ether oxygens (including phenoxy) is 1. The highest BCUT2D eigenvalue weighted by atomic mass is 35.5. The molecule has 0 atom stereocenters. The van der Waals surface area contributed by atoms with Gasteiger partial charge in [0.1, 0.15) is 5.75 Å². The molecule has 2 N–H and O–H groups in total. The summed E-state index contributed by atoms with van der Waals surface area (Å²) in [4.78, 5) is 4.17. The van der Waals surface area contributed by atoms with Crippen molar-refractivity contribution in [2.75, 3.05) is 12.4 Å². The lowest BCUT2D eigenvalue weighted by atomic mass is 9.80. The molecule has 7 heteroatoms. The highest BCUT2D eigenvalue weighted by Gasteiger charge is 2.09. The van der Waals surface area contributed by atoms with Gasteiger partial charge in [-0.05, 0) is 29.7 Å². The van der Waals surface area contributed by atoms with Crippen LogP contribution >= 0.6 is 23.4 Å². The molecule has 0 fully saturated rings. The molecule has 0 spiro atoms. The summed E-state index contributed by atoms with van der Waals surface area (Å²) in [7, 11) is -1.45. The highest BCUT2D eigenvalue weighted by molar-refractivity contribution is 7.99. The van der Waals surface area contributed by atoms with E-state index in [0.717, 1.165) is 10.8 Å². The molecule has 1 aromatic carbocycles. The van der Waals surface area contributed by atoms with Crippen molar-refractivity contribution < 1.29 is 14.8 Å². The van der Waals surface area contributed by atoms with E-state index in [4.69, 9.17) is 26.4 Å². The van der Waals surface area contributed by atoms with Gasteiger partial charge in [-0.3, -0.25) is 0 Å². The van der Waals surface area contributed by atoms with Crippen LogP contribution < -0.4 is 10.2 Å². The predicted octanol–water partition coefficient (Wildman–Crippen LogP) is 1.59. The van der Waals surface area contributed by atoms with Gasteiger partial charge in [-0.25, -0.2) is 4.98 Å². The van der Waals surface area contributed by atoms with Crippen molar-refractivity contribution in [3.8, 4) is 5.75 Å². The van der Waals surface area contributed by atoms with Gasteiger partial charge in [0.15, 0.2) is 0 Å². The van der Waals surface area contributed by atoms with Gasteiger partial charge < -0.3 is 14.8 Å². The van der Waals surface area contributed by atoms with Crippen molar-refractivity contribution in [2.24, 2.45) is 0 Å². The second-order valence-corrected chi connectivity index (χ2v) is 5.51. The Labute approximate surface area is 126 Å². The zero-order valence-corrected chi connectivity index (χ0v) is 12.1. The molecule has 0 amide bonds. The van der Waals surface area contributed by atoms with Gasteiger partial charge in [0.25, 0.3) is 0 Å². The van der Waals surface area contributed by atoms with Gasteiger partial charge in [0.2, 0.25) is 0 Å². The Hall–Kier alpha value is -1.21. The second kappa shape index (κ2) is 7.54. The molecule has 0 aliphatic carbocycles. The number of nitrogens with zero attached hydrogens (tertiary/aromatic N) is 1. The first kappa shape index (κ1) is 15.2. The van der Waals surface area contributed by atoms with Gasteiger partial charge >= 0.3 is 7.12 Å². The molecule has 2 aromatic rings. The number of hydrogen-bond donors (Lipinski definition) is 2. The molecule has 4 nitrogen and oxygen atoms in total. The van der Waals surface area contributed by atoms with Crippen LogP contribution in [0.3, 0.4) is 0 Å². The first-order valence-corrected chi connectivity index (χ1v) is 7.35. The van der Waals surface area contributed by atoms with Crippen LogP contribution in [-0.4, -0.2) is 34.5 Å². The smallest absolute Gasteiger partial charge is 0.488 e. The summed E-state index contributed by atoms with van der Waals surface area (Å²) in [5.74, 6) is 1.46. The van der Waals surface area contributed by atoms with Crippen LogP contribution in [0.5, 0.6) is 5.75 Å². The lowest BCUT2D eigenvalue weighted by Crippen LogP contribution is -2.29. The average Bonchev–Trinajstić information content (AvgIpc) is 2.46. The summed E-state index contributed by atoms with van der Waals surface area (Å²) in [5, 5.41) is 19.5. The quantitative estimate of drug-likeness (QED) is 0.482. The Balaban J connectivity index is 1.74. The summed E-state index contributed by atoms with van der Waals surface area (Å²) in [6, 6.07) is 10.3. The molecule has 0 aliphatic heterocycles. The summed E-state index contributed by atoms with van der Waals surface area (Å²) >= 11 is 7.34. The van der Waals surface area contributed by atoms with E-state index in [-0.39, 0.29) is 0 Å². The lowest BCUT2D eigenvalue weighted by molar-refractivity contribution is 0.344. The van der Waals surface area contributed by atoms with E-state index in [1.54, 1.807) is 48.3 Å². The van der Waals surface area contributed by atoms with Gasteiger partial charge in [-0.15, -0.1) is 11.8 Å². The van der Waals surface area contributed by atoms with E-state index in [2.05, 4.69) is 4.98 Å². The maximum Gasteiger partial charge on any atom is 0.488 e. The molecule has 0 radical (unpaired) electrons. The minimum atomic E-state index is -1.45. The van der Waals surface area contributed by atoms with Crippen molar-refractivity contribution >= 4 is 35.9 Å². The largest absolute Gasteiger partial charge is 0.493 e. The normalized spacial score (nSPS) is 10.3. The average molecular weight is 310 g/mol. The Morgan fingerprint density at radius 1 is 1.15 bits per heavy atom. The van der Waals surface area contributed by atoms with E-state index < -0.39 is 7.12 Å². The van der Waals surface area contributed by atoms with Crippen molar-refractivity contribution in [3.63, 3.8) is 0 Å². The van der Waals surface area contributed by atoms with Crippen molar-refractivity contribution in [2.45, 2.75) is 5.03 Å². The third-order valence-corrected chi connectivity index (χ3v) is 3.61. The van der Waals surface area contributed by atoms with Crippen LogP contribution in [-0.2, 0) is 0 Å². The fourth-order valence-corrected chi connectivity index (χ4v) is 2.27.